The number of pyridine rings is 2. The Balaban J connectivity index is 1.36. The molecular weight excluding hydrogens is 382 g/mol. The number of hydrogen-bond donors (Lipinski definition) is 0. The first-order valence-corrected chi connectivity index (χ1v) is 9.89. The SMILES string of the molecule is Cc1ccn(Cc2ccc3c(c2)OCO3)c(=O)c1C(=O)N1CC(c2ccccn2)C1. The van der Waals surface area contributed by atoms with Gasteiger partial charge in [-0.05, 0) is 48.4 Å². The maximum absolute atomic E-state index is 13.1. The average Bonchev–Trinajstić information content (AvgIpc) is 3.18. The van der Waals surface area contributed by atoms with Crippen LogP contribution in [0.5, 0.6) is 11.5 Å². The molecule has 0 saturated carbocycles. The number of amides is 1. The van der Waals surface area contributed by atoms with Crippen molar-refractivity contribution < 1.29 is 14.3 Å². The molecule has 1 amide bonds. The van der Waals surface area contributed by atoms with Crippen molar-refractivity contribution in [3.63, 3.8) is 0 Å². The lowest BCUT2D eigenvalue weighted by molar-refractivity contribution is 0.0595. The molecule has 0 radical (unpaired) electrons. The van der Waals surface area contributed by atoms with E-state index in [0.29, 0.717) is 36.7 Å². The molecular formula is C23H21N3O4. The third kappa shape index (κ3) is 3.22. The summed E-state index contributed by atoms with van der Waals surface area (Å²) in [6, 6.07) is 13.2. The molecule has 0 aliphatic carbocycles. The molecule has 7 nitrogen and oxygen atoms in total. The molecule has 1 fully saturated rings. The number of fused-ring (bicyclic) bond motifs is 1. The van der Waals surface area contributed by atoms with E-state index in [4.69, 9.17) is 9.47 Å². The quantitative estimate of drug-likeness (QED) is 0.669. The van der Waals surface area contributed by atoms with Gasteiger partial charge in [-0.2, -0.15) is 0 Å². The van der Waals surface area contributed by atoms with Gasteiger partial charge >= 0.3 is 0 Å². The fraction of sp³-hybridized carbons (Fsp3) is 0.261. The molecule has 3 aromatic rings. The van der Waals surface area contributed by atoms with Gasteiger partial charge in [-0.3, -0.25) is 14.6 Å². The highest BCUT2D eigenvalue weighted by Gasteiger charge is 2.34. The van der Waals surface area contributed by atoms with Crippen LogP contribution in [-0.4, -0.2) is 40.2 Å². The lowest BCUT2D eigenvalue weighted by Crippen LogP contribution is -2.50. The molecule has 5 rings (SSSR count). The standard InChI is InChI=1S/C23H21N3O4/c1-15-7-9-25(11-16-5-6-19-20(10-16)30-14-29-19)22(27)21(15)23(28)26-12-17(13-26)18-4-2-3-8-24-18/h2-10,17H,11-14H2,1H3. The predicted molar refractivity (Wildman–Crippen MR) is 110 cm³/mol. The van der Waals surface area contributed by atoms with E-state index >= 15 is 0 Å². The van der Waals surface area contributed by atoms with Gasteiger partial charge in [0.1, 0.15) is 5.56 Å². The molecule has 0 atom stereocenters. The van der Waals surface area contributed by atoms with Crippen LogP contribution in [0.2, 0.25) is 0 Å². The molecule has 0 unspecified atom stereocenters. The zero-order valence-corrected chi connectivity index (χ0v) is 16.6. The summed E-state index contributed by atoms with van der Waals surface area (Å²) >= 11 is 0. The Morgan fingerprint density at radius 2 is 1.97 bits per heavy atom. The average molecular weight is 403 g/mol. The van der Waals surface area contributed by atoms with E-state index in [1.54, 1.807) is 28.8 Å². The highest BCUT2D eigenvalue weighted by atomic mass is 16.7. The monoisotopic (exact) mass is 403 g/mol. The molecule has 1 aromatic carbocycles. The number of benzene rings is 1. The van der Waals surface area contributed by atoms with Crippen LogP contribution < -0.4 is 15.0 Å². The predicted octanol–water partition coefficient (Wildman–Crippen LogP) is 2.57. The van der Waals surface area contributed by atoms with Gasteiger partial charge in [0.15, 0.2) is 11.5 Å². The van der Waals surface area contributed by atoms with Crippen molar-refractivity contribution in [3.05, 3.63) is 87.6 Å². The van der Waals surface area contributed by atoms with Crippen LogP contribution in [0.4, 0.5) is 0 Å². The molecule has 1 saturated heterocycles. The van der Waals surface area contributed by atoms with E-state index in [1.807, 2.05) is 42.5 Å². The van der Waals surface area contributed by atoms with Crippen molar-refractivity contribution in [1.82, 2.24) is 14.5 Å². The van der Waals surface area contributed by atoms with Gasteiger partial charge < -0.3 is 18.9 Å². The lowest BCUT2D eigenvalue weighted by Gasteiger charge is -2.39. The van der Waals surface area contributed by atoms with Crippen LogP contribution in [0, 0.1) is 6.92 Å². The second-order valence-electron chi connectivity index (χ2n) is 7.66. The number of aromatic nitrogens is 2. The van der Waals surface area contributed by atoms with Gasteiger partial charge in [0, 0.05) is 37.1 Å². The number of nitrogens with zero attached hydrogens (tertiary/aromatic N) is 3. The van der Waals surface area contributed by atoms with Crippen molar-refractivity contribution in [2.45, 2.75) is 19.4 Å². The molecule has 0 spiro atoms. The van der Waals surface area contributed by atoms with Crippen LogP contribution in [0.3, 0.4) is 0 Å². The summed E-state index contributed by atoms with van der Waals surface area (Å²) in [7, 11) is 0. The summed E-state index contributed by atoms with van der Waals surface area (Å²) in [6.45, 7) is 3.51. The number of carbonyl (C=O) groups is 1. The highest BCUT2D eigenvalue weighted by molar-refractivity contribution is 5.95. The van der Waals surface area contributed by atoms with Crippen LogP contribution in [0.25, 0.3) is 0 Å². The zero-order chi connectivity index (χ0) is 20.7. The summed E-state index contributed by atoms with van der Waals surface area (Å²) in [5, 5.41) is 0. The van der Waals surface area contributed by atoms with Gasteiger partial charge in [-0.25, -0.2) is 0 Å². The maximum atomic E-state index is 13.1. The summed E-state index contributed by atoms with van der Waals surface area (Å²) in [6.07, 6.45) is 3.49. The van der Waals surface area contributed by atoms with Crippen LogP contribution >= 0.6 is 0 Å². The Morgan fingerprint density at radius 1 is 1.13 bits per heavy atom. The Labute approximate surface area is 173 Å². The number of rotatable bonds is 4. The number of likely N-dealkylation sites (tertiary alicyclic amines) is 1. The third-order valence-corrected chi connectivity index (χ3v) is 5.65. The van der Waals surface area contributed by atoms with Crippen molar-refractivity contribution >= 4 is 5.91 Å². The normalized spacial score (nSPS) is 15.2. The van der Waals surface area contributed by atoms with Crippen molar-refractivity contribution in [3.8, 4) is 11.5 Å². The second-order valence-corrected chi connectivity index (χ2v) is 7.66. The third-order valence-electron chi connectivity index (χ3n) is 5.65. The zero-order valence-electron chi connectivity index (χ0n) is 16.6. The van der Waals surface area contributed by atoms with Crippen molar-refractivity contribution in [2.24, 2.45) is 0 Å². The highest BCUT2D eigenvalue weighted by Crippen LogP contribution is 2.32. The second kappa shape index (κ2) is 7.33. The number of ether oxygens (including phenoxy) is 2. The van der Waals surface area contributed by atoms with Gasteiger partial charge in [0.25, 0.3) is 11.5 Å². The summed E-state index contributed by atoms with van der Waals surface area (Å²) < 4.78 is 12.3. The van der Waals surface area contributed by atoms with Gasteiger partial charge in [-0.15, -0.1) is 0 Å². The molecule has 0 N–H and O–H groups in total. The lowest BCUT2D eigenvalue weighted by atomic mass is 9.94. The first kappa shape index (κ1) is 18.4. The van der Waals surface area contributed by atoms with Crippen LogP contribution in [-0.2, 0) is 6.54 Å². The summed E-state index contributed by atoms with van der Waals surface area (Å²) in [4.78, 5) is 32.3. The number of aryl methyl sites for hydroxylation is 1. The fourth-order valence-electron chi connectivity index (χ4n) is 3.89. The minimum Gasteiger partial charge on any atom is -0.454 e. The first-order valence-electron chi connectivity index (χ1n) is 9.89. The first-order chi connectivity index (χ1) is 14.6. The molecule has 152 valence electrons. The largest absolute Gasteiger partial charge is 0.454 e. The molecule has 2 aliphatic rings. The summed E-state index contributed by atoms with van der Waals surface area (Å²) in [5.41, 5.74) is 2.53. The number of hydrogen-bond acceptors (Lipinski definition) is 5. The van der Waals surface area contributed by atoms with Gasteiger partial charge in [0.05, 0.1) is 6.54 Å². The van der Waals surface area contributed by atoms with E-state index < -0.39 is 0 Å². The van der Waals surface area contributed by atoms with Gasteiger partial charge in [0.2, 0.25) is 6.79 Å². The van der Waals surface area contributed by atoms with E-state index in [9.17, 15) is 9.59 Å². The Kier molecular flexibility index (Phi) is 4.50. The Hall–Kier alpha value is -3.61. The molecule has 0 bridgehead atoms. The van der Waals surface area contributed by atoms with E-state index in [1.165, 1.54) is 0 Å². The topological polar surface area (TPSA) is 73.7 Å². The number of carbonyl (C=O) groups excluding carboxylic acids is 1. The van der Waals surface area contributed by atoms with Gasteiger partial charge in [-0.1, -0.05) is 12.1 Å². The molecule has 2 aliphatic heterocycles. The minimum atomic E-state index is -0.279. The summed E-state index contributed by atoms with van der Waals surface area (Å²) in [5.74, 6) is 1.37. The van der Waals surface area contributed by atoms with E-state index in [0.717, 1.165) is 11.3 Å². The van der Waals surface area contributed by atoms with E-state index in [-0.39, 0.29) is 29.7 Å². The van der Waals surface area contributed by atoms with E-state index in [2.05, 4.69) is 4.98 Å². The van der Waals surface area contributed by atoms with Crippen LogP contribution in [0.1, 0.15) is 33.1 Å². The molecule has 7 heteroatoms. The van der Waals surface area contributed by atoms with Crippen molar-refractivity contribution in [1.29, 1.82) is 0 Å². The smallest absolute Gasteiger partial charge is 0.263 e. The minimum absolute atomic E-state index is 0.206. The van der Waals surface area contributed by atoms with Crippen LogP contribution in [0.15, 0.2) is 59.7 Å². The Bertz CT molecular complexity index is 1170. The molecule has 2 aromatic heterocycles. The molecule has 4 heterocycles. The maximum Gasteiger partial charge on any atom is 0.263 e. The fourth-order valence-corrected chi connectivity index (χ4v) is 3.89. The molecule has 30 heavy (non-hydrogen) atoms. The van der Waals surface area contributed by atoms with Crippen molar-refractivity contribution in [2.75, 3.05) is 19.9 Å². The Morgan fingerprint density at radius 3 is 2.77 bits per heavy atom.